The molecule has 0 radical (unpaired) electrons. The summed E-state index contributed by atoms with van der Waals surface area (Å²) in [5.41, 5.74) is 7.49. The van der Waals surface area contributed by atoms with E-state index in [2.05, 4.69) is 5.32 Å². The molecular formula is C18H21ClN2O3. The maximum absolute atomic E-state index is 12.1. The molecule has 0 spiro atoms. The van der Waals surface area contributed by atoms with Crippen LogP contribution in [0.2, 0.25) is 0 Å². The average molecular weight is 349 g/mol. The van der Waals surface area contributed by atoms with Crippen LogP contribution in [0.5, 0.6) is 5.75 Å². The molecule has 1 amide bonds. The Morgan fingerprint density at radius 3 is 2.71 bits per heavy atom. The van der Waals surface area contributed by atoms with Gasteiger partial charge in [0.2, 0.25) is 0 Å². The van der Waals surface area contributed by atoms with E-state index in [1.165, 1.54) is 0 Å². The Bertz CT molecular complexity index is 670. The zero-order valence-electron chi connectivity index (χ0n) is 13.2. The molecule has 0 aliphatic carbocycles. The predicted octanol–water partition coefficient (Wildman–Crippen LogP) is 3.50. The molecule has 1 fully saturated rings. The molecule has 1 aliphatic heterocycles. The van der Waals surface area contributed by atoms with Crippen LogP contribution in [-0.2, 0) is 4.74 Å². The molecule has 0 aromatic heterocycles. The first-order chi connectivity index (χ1) is 11.2. The lowest BCUT2D eigenvalue weighted by atomic mass is 10.2. The van der Waals surface area contributed by atoms with Crippen molar-refractivity contribution in [2.75, 3.05) is 24.3 Å². The molecule has 1 aliphatic rings. The third-order valence-corrected chi connectivity index (χ3v) is 3.72. The van der Waals surface area contributed by atoms with Crippen LogP contribution >= 0.6 is 12.4 Å². The number of carbonyl (C=O) groups is 1. The van der Waals surface area contributed by atoms with Crippen molar-refractivity contribution in [3.05, 3.63) is 54.1 Å². The number of nitrogen functional groups attached to an aromatic ring is 1. The van der Waals surface area contributed by atoms with Crippen LogP contribution in [0.15, 0.2) is 48.5 Å². The summed E-state index contributed by atoms with van der Waals surface area (Å²) >= 11 is 0. The predicted molar refractivity (Wildman–Crippen MR) is 97.0 cm³/mol. The molecule has 128 valence electrons. The molecule has 3 rings (SSSR count). The standard InChI is InChI=1S/C18H20N2O3.ClH/c19-14-4-1-3-13(11-14)18(21)20-15-6-8-16(9-7-15)23-12-17-5-2-10-22-17;/h1,3-4,6-9,11,17H,2,5,10,12,19H2,(H,20,21);1H. The largest absolute Gasteiger partial charge is 0.491 e. The van der Waals surface area contributed by atoms with Gasteiger partial charge in [0.05, 0.1) is 6.10 Å². The summed E-state index contributed by atoms with van der Waals surface area (Å²) in [6.45, 7) is 1.39. The fourth-order valence-electron chi connectivity index (χ4n) is 2.48. The van der Waals surface area contributed by atoms with Crippen molar-refractivity contribution in [3.8, 4) is 5.75 Å². The van der Waals surface area contributed by atoms with Crippen LogP contribution in [0, 0.1) is 0 Å². The first kappa shape index (κ1) is 18.1. The Hall–Kier alpha value is -2.24. The lowest BCUT2D eigenvalue weighted by molar-refractivity contribution is 0.0679. The number of carbonyl (C=O) groups excluding carboxylic acids is 1. The molecule has 1 atom stereocenters. The van der Waals surface area contributed by atoms with Crippen LogP contribution in [-0.4, -0.2) is 25.2 Å². The second kappa shape index (κ2) is 8.57. The van der Waals surface area contributed by atoms with Gasteiger partial charge in [-0.25, -0.2) is 0 Å². The summed E-state index contributed by atoms with van der Waals surface area (Å²) in [5, 5.41) is 2.84. The smallest absolute Gasteiger partial charge is 0.255 e. The fourth-order valence-corrected chi connectivity index (χ4v) is 2.48. The molecule has 3 N–H and O–H groups in total. The number of halogens is 1. The van der Waals surface area contributed by atoms with Crippen molar-refractivity contribution in [1.82, 2.24) is 0 Å². The number of nitrogens with two attached hydrogens (primary N) is 1. The Morgan fingerprint density at radius 1 is 1.25 bits per heavy atom. The number of rotatable bonds is 5. The van der Waals surface area contributed by atoms with Crippen molar-refractivity contribution < 1.29 is 14.3 Å². The molecule has 5 nitrogen and oxygen atoms in total. The third-order valence-electron chi connectivity index (χ3n) is 3.72. The Kier molecular flexibility index (Phi) is 6.46. The van der Waals surface area contributed by atoms with Gasteiger partial charge in [0.15, 0.2) is 0 Å². The molecule has 6 heteroatoms. The normalized spacial score (nSPS) is 16.2. The van der Waals surface area contributed by atoms with Crippen LogP contribution in [0.4, 0.5) is 11.4 Å². The van der Waals surface area contributed by atoms with Gasteiger partial charge in [0, 0.05) is 23.5 Å². The van der Waals surface area contributed by atoms with Gasteiger partial charge in [-0.1, -0.05) is 6.07 Å². The number of nitrogens with one attached hydrogen (secondary N) is 1. The van der Waals surface area contributed by atoms with E-state index in [-0.39, 0.29) is 24.4 Å². The molecule has 1 unspecified atom stereocenters. The van der Waals surface area contributed by atoms with E-state index >= 15 is 0 Å². The van der Waals surface area contributed by atoms with Gasteiger partial charge >= 0.3 is 0 Å². The summed E-state index contributed by atoms with van der Waals surface area (Å²) in [6.07, 6.45) is 2.34. The van der Waals surface area contributed by atoms with E-state index in [0.717, 1.165) is 25.2 Å². The van der Waals surface area contributed by atoms with Crippen molar-refractivity contribution in [2.24, 2.45) is 0 Å². The number of anilines is 2. The summed E-state index contributed by atoms with van der Waals surface area (Å²) in [6, 6.07) is 14.2. The van der Waals surface area contributed by atoms with E-state index in [0.29, 0.717) is 23.5 Å². The van der Waals surface area contributed by atoms with Gasteiger partial charge in [-0.15, -0.1) is 12.4 Å². The molecule has 1 saturated heterocycles. The van der Waals surface area contributed by atoms with E-state index in [1.807, 2.05) is 24.3 Å². The van der Waals surface area contributed by atoms with Crippen molar-refractivity contribution in [3.63, 3.8) is 0 Å². The highest BCUT2D eigenvalue weighted by atomic mass is 35.5. The first-order valence-corrected chi connectivity index (χ1v) is 7.72. The van der Waals surface area contributed by atoms with Crippen LogP contribution in [0.25, 0.3) is 0 Å². The van der Waals surface area contributed by atoms with E-state index in [9.17, 15) is 4.79 Å². The quantitative estimate of drug-likeness (QED) is 0.811. The molecular weight excluding hydrogens is 328 g/mol. The summed E-state index contributed by atoms with van der Waals surface area (Å²) in [4.78, 5) is 12.1. The topological polar surface area (TPSA) is 73.6 Å². The van der Waals surface area contributed by atoms with Gasteiger partial charge in [0.25, 0.3) is 5.91 Å². The second-order valence-electron chi connectivity index (χ2n) is 5.55. The maximum Gasteiger partial charge on any atom is 0.255 e. The number of hydrogen-bond donors (Lipinski definition) is 2. The summed E-state index contributed by atoms with van der Waals surface area (Å²) in [7, 11) is 0. The van der Waals surface area contributed by atoms with Crippen LogP contribution < -0.4 is 15.8 Å². The Balaban J connectivity index is 0.00000208. The Labute approximate surface area is 147 Å². The zero-order valence-corrected chi connectivity index (χ0v) is 14.1. The van der Waals surface area contributed by atoms with E-state index in [4.69, 9.17) is 15.2 Å². The number of amides is 1. The minimum absolute atomic E-state index is 0. The van der Waals surface area contributed by atoms with Crippen molar-refractivity contribution in [2.45, 2.75) is 18.9 Å². The van der Waals surface area contributed by atoms with Gasteiger partial charge in [0.1, 0.15) is 12.4 Å². The molecule has 2 aromatic rings. The van der Waals surface area contributed by atoms with Crippen molar-refractivity contribution >= 4 is 29.7 Å². The van der Waals surface area contributed by atoms with Crippen LogP contribution in [0.1, 0.15) is 23.2 Å². The maximum atomic E-state index is 12.1. The second-order valence-corrected chi connectivity index (χ2v) is 5.55. The fraction of sp³-hybridized carbons (Fsp3) is 0.278. The highest BCUT2D eigenvalue weighted by Crippen LogP contribution is 2.19. The summed E-state index contributed by atoms with van der Waals surface area (Å²) < 4.78 is 11.2. The first-order valence-electron chi connectivity index (χ1n) is 7.72. The monoisotopic (exact) mass is 348 g/mol. The van der Waals surface area contributed by atoms with E-state index < -0.39 is 0 Å². The number of benzene rings is 2. The molecule has 1 heterocycles. The minimum atomic E-state index is -0.190. The van der Waals surface area contributed by atoms with Gasteiger partial charge in [-0.2, -0.15) is 0 Å². The van der Waals surface area contributed by atoms with Gasteiger partial charge in [-0.3, -0.25) is 4.79 Å². The van der Waals surface area contributed by atoms with Gasteiger partial charge < -0.3 is 20.5 Å². The molecule has 2 aromatic carbocycles. The highest BCUT2D eigenvalue weighted by molar-refractivity contribution is 6.04. The number of ether oxygens (including phenoxy) is 2. The van der Waals surface area contributed by atoms with Gasteiger partial charge in [-0.05, 0) is 55.3 Å². The summed E-state index contributed by atoms with van der Waals surface area (Å²) in [5.74, 6) is 0.577. The molecule has 24 heavy (non-hydrogen) atoms. The average Bonchev–Trinajstić information content (AvgIpc) is 3.08. The highest BCUT2D eigenvalue weighted by Gasteiger charge is 2.15. The zero-order chi connectivity index (χ0) is 16.1. The lowest BCUT2D eigenvalue weighted by Gasteiger charge is -2.12. The number of hydrogen-bond acceptors (Lipinski definition) is 4. The Morgan fingerprint density at radius 2 is 2.04 bits per heavy atom. The van der Waals surface area contributed by atoms with Crippen LogP contribution in [0.3, 0.4) is 0 Å². The van der Waals surface area contributed by atoms with Crippen molar-refractivity contribution in [1.29, 1.82) is 0 Å². The van der Waals surface area contributed by atoms with E-state index in [1.54, 1.807) is 24.3 Å². The molecule has 0 saturated carbocycles. The third kappa shape index (κ3) is 4.88. The molecule has 0 bridgehead atoms. The SMILES string of the molecule is Cl.Nc1cccc(C(=O)Nc2ccc(OCC3CCCO3)cc2)c1. The minimum Gasteiger partial charge on any atom is -0.491 e. The lowest BCUT2D eigenvalue weighted by Crippen LogP contribution is -2.16.